The SMILES string of the molecule is CCC1CCC(n2cc(C)nc2NC2CC2)CC1. The van der Waals surface area contributed by atoms with Gasteiger partial charge in [0, 0.05) is 18.3 Å². The first-order valence-electron chi connectivity index (χ1n) is 7.58. The molecular formula is C15H25N3. The molecule has 0 saturated heterocycles. The molecule has 0 spiro atoms. The van der Waals surface area contributed by atoms with Gasteiger partial charge in [-0.05, 0) is 51.4 Å². The summed E-state index contributed by atoms with van der Waals surface area (Å²) >= 11 is 0. The Balaban J connectivity index is 1.70. The van der Waals surface area contributed by atoms with Gasteiger partial charge in [0.25, 0.3) is 0 Å². The van der Waals surface area contributed by atoms with Crippen LogP contribution in [-0.2, 0) is 0 Å². The molecule has 2 saturated carbocycles. The van der Waals surface area contributed by atoms with Crippen molar-refractivity contribution in [3.05, 3.63) is 11.9 Å². The highest BCUT2D eigenvalue weighted by molar-refractivity contribution is 5.33. The lowest BCUT2D eigenvalue weighted by Gasteiger charge is -2.29. The monoisotopic (exact) mass is 247 g/mol. The quantitative estimate of drug-likeness (QED) is 0.874. The Morgan fingerprint density at radius 2 is 1.94 bits per heavy atom. The van der Waals surface area contributed by atoms with Gasteiger partial charge in [-0.25, -0.2) is 4.98 Å². The standard InChI is InChI=1S/C15H25N3/c1-3-12-4-8-14(9-5-12)18-10-11(2)16-15(18)17-13-6-7-13/h10,12-14H,3-9H2,1-2H3,(H,16,17). The smallest absolute Gasteiger partial charge is 0.203 e. The minimum absolute atomic E-state index is 0.676. The topological polar surface area (TPSA) is 29.9 Å². The molecule has 0 radical (unpaired) electrons. The van der Waals surface area contributed by atoms with E-state index in [1.54, 1.807) is 0 Å². The van der Waals surface area contributed by atoms with E-state index in [1.165, 1.54) is 44.9 Å². The van der Waals surface area contributed by atoms with Crippen LogP contribution in [0.15, 0.2) is 6.20 Å². The molecule has 2 aliphatic rings. The largest absolute Gasteiger partial charge is 0.353 e. The van der Waals surface area contributed by atoms with Crippen LogP contribution in [0.3, 0.4) is 0 Å². The maximum absolute atomic E-state index is 4.66. The van der Waals surface area contributed by atoms with Gasteiger partial charge in [-0.2, -0.15) is 0 Å². The molecule has 1 aromatic heterocycles. The first-order chi connectivity index (χ1) is 8.76. The minimum atomic E-state index is 0.676. The lowest BCUT2D eigenvalue weighted by Crippen LogP contribution is -2.19. The summed E-state index contributed by atoms with van der Waals surface area (Å²) in [6, 6.07) is 1.37. The molecule has 1 heterocycles. The lowest BCUT2D eigenvalue weighted by atomic mass is 9.84. The van der Waals surface area contributed by atoms with E-state index in [9.17, 15) is 0 Å². The zero-order valence-corrected chi connectivity index (χ0v) is 11.7. The number of anilines is 1. The number of hydrogen-bond donors (Lipinski definition) is 1. The van der Waals surface area contributed by atoms with Gasteiger partial charge in [0.05, 0.1) is 5.69 Å². The molecule has 0 amide bonds. The molecule has 3 rings (SSSR count). The van der Waals surface area contributed by atoms with E-state index in [2.05, 4.69) is 34.9 Å². The fourth-order valence-electron chi connectivity index (χ4n) is 3.14. The maximum Gasteiger partial charge on any atom is 0.203 e. The van der Waals surface area contributed by atoms with Crippen molar-refractivity contribution in [2.45, 2.75) is 70.9 Å². The molecule has 3 heteroatoms. The first-order valence-corrected chi connectivity index (χ1v) is 7.58. The normalized spacial score (nSPS) is 28.3. The molecule has 0 atom stereocenters. The van der Waals surface area contributed by atoms with Gasteiger partial charge in [0.15, 0.2) is 0 Å². The second-order valence-electron chi connectivity index (χ2n) is 6.11. The highest BCUT2D eigenvalue weighted by atomic mass is 15.2. The summed E-state index contributed by atoms with van der Waals surface area (Å²) in [4.78, 5) is 4.66. The Hall–Kier alpha value is -0.990. The first kappa shape index (κ1) is 12.1. The fraction of sp³-hybridized carbons (Fsp3) is 0.800. The zero-order valence-electron chi connectivity index (χ0n) is 11.7. The average molecular weight is 247 g/mol. The van der Waals surface area contributed by atoms with E-state index < -0.39 is 0 Å². The van der Waals surface area contributed by atoms with Crippen molar-refractivity contribution in [3.63, 3.8) is 0 Å². The average Bonchev–Trinajstić information content (AvgIpc) is 3.12. The molecule has 1 aromatic rings. The Labute approximate surface area is 110 Å². The number of nitrogens with one attached hydrogen (secondary N) is 1. The van der Waals surface area contributed by atoms with E-state index in [0.29, 0.717) is 12.1 Å². The summed E-state index contributed by atoms with van der Waals surface area (Å²) in [7, 11) is 0. The molecule has 100 valence electrons. The highest BCUT2D eigenvalue weighted by Gasteiger charge is 2.26. The summed E-state index contributed by atoms with van der Waals surface area (Å²) < 4.78 is 2.42. The number of nitrogens with zero attached hydrogens (tertiary/aromatic N) is 2. The molecule has 18 heavy (non-hydrogen) atoms. The second-order valence-corrected chi connectivity index (χ2v) is 6.11. The van der Waals surface area contributed by atoms with Gasteiger partial charge < -0.3 is 9.88 Å². The van der Waals surface area contributed by atoms with Crippen LogP contribution in [-0.4, -0.2) is 15.6 Å². The molecule has 0 aromatic carbocycles. The Kier molecular flexibility index (Phi) is 3.31. The van der Waals surface area contributed by atoms with Gasteiger partial charge in [-0.3, -0.25) is 0 Å². The third-order valence-electron chi connectivity index (χ3n) is 4.55. The molecule has 1 N–H and O–H groups in total. The van der Waals surface area contributed by atoms with Crippen molar-refractivity contribution >= 4 is 5.95 Å². The van der Waals surface area contributed by atoms with Crippen molar-refractivity contribution in [1.82, 2.24) is 9.55 Å². The van der Waals surface area contributed by atoms with E-state index in [-0.39, 0.29) is 0 Å². The Morgan fingerprint density at radius 1 is 1.22 bits per heavy atom. The Morgan fingerprint density at radius 3 is 2.56 bits per heavy atom. The number of aromatic nitrogens is 2. The maximum atomic E-state index is 4.66. The predicted molar refractivity (Wildman–Crippen MR) is 74.9 cm³/mol. The van der Waals surface area contributed by atoms with Crippen molar-refractivity contribution in [3.8, 4) is 0 Å². The number of rotatable bonds is 4. The third kappa shape index (κ3) is 2.55. The summed E-state index contributed by atoms with van der Waals surface area (Å²) in [6.07, 6.45) is 11.7. The van der Waals surface area contributed by atoms with Crippen molar-refractivity contribution in [2.75, 3.05) is 5.32 Å². The summed E-state index contributed by atoms with van der Waals surface area (Å²) in [5.41, 5.74) is 1.15. The molecular weight excluding hydrogens is 222 g/mol. The van der Waals surface area contributed by atoms with E-state index in [1.807, 2.05) is 0 Å². The molecule has 0 unspecified atom stereocenters. The van der Waals surface area contributed by atoms with Gasteiger partial charge in [0.2, 0.25) is 5.95 Å². The molecule has 0 bridgehead atoms. The van der Waals surface area contributed by atoms with Crippen LogP contribution in [0.5, 0.6) is 0 Å². The van der Waals surface area contributed by atoms with Crippen LogP contribution in [0.25, 0.3) is 0 Å². The Bertz CT molecular complexity index is 398. The third-order valence-corrected chi connectivity index (χ3v) is 4.55. The summed E-state index contributed by atoms with van der Waals surface area (Å²) in [6.45, 7) is 4.43. The van der Waals surface area contributed by atoms with Crippen LogP contribution in [0.4, 0.5) is 5.95 Å². The van der Waals surface area contributed by atoms with E-state index >= 15 is 0 Å². The van der Waals surface area contributed by atoms with Crippen LogP contribution >= 0.6 is 0 Å². The lowest BCUT2D eigenvalue weighted by molar-refractivity contribution is 0.271. The van der Waals surface area contributed by atoms with Crippen molar-refractivity contribution in [2.24, 2.45) is 5.92 Å². The number of hydrogen-bond acceptors (Lipinski definition) is 2. The zero-order chi connectivity index (χ0) is 12.5. The second kappa shape index (κ2) is 4.94. The van der Waals surface area contributed by atoms with Crippen LogP contribution in [0.2, 0.25) is 0 Å². The minimum Gasteiger partial charge on any atom is -0.353 e. The van der Waals surface area contributed by atoms with E-state index in [0.717, 1.165) is 17.6 Å². The molecule has 2 aliphatic carbocycles. The van der Waals surface area contributed by atoms with Crippen LogP contribution in [0.1, 0.15) is 63.6 Å². The molecule has 2 fully saturated rings. The highest BCUT2D eigenvalue weighted by Crippen LogP contribution is 2.36. The predicted octanol–water partition coefficient (Wildman–Crippen LogP) is 3.91. The van der Waals surface area contributed by atoms with Gasteiger partial charge >= 0.3 is 0 Å². The summed E-state index contributed by atoms with van der Waals surface area (Å²) in [5.74, 6) is 2.08. The van der Waals surface area contributed by atoms with Gasteiger partial charge in [0.1, 0.15) is 0 Å². The van der Waals surface area contributed by atoms with Crippen molar-refractivity contribution < 1.29 is 0 Å². The number of imidazole rings is 1. The van der Waals surface area contributed by atoms with E-state index in [4.69, 9.17) is 0 Å². The van der Waals surface area contributed by atoms with Crippen LogP contribution in [0, 0.1) is 12.8 Å². The van der Waals surface area contributed by atoms with Crippen LogP contribution < -0.4 is 5.32 Å². The fourth-order valence-corrected chi connectivity index (χ4v) is 3.14. The van der Waals surface area contributed by atoms with Gasteiger partial charge in [-0.1, -0.05) is 13.3 Å². The number of aryl methyl sites for hydroxylation is 1. The summed E-state index contributed by atoms with van der Waals surface area (Å²) in [5, 5.41) is 3.58. The molecule has 3 nitrogen and oxygen atoms in total. The molecule has 0 aliphatic heterocycles. The van der Waals surface area contributed by atoms with Gasteiger partial charge in [-0.15, -0.1) is 0 Å². The van der Waals surface area contributed by atoms with Crippen molar-refractivity contribution in [1.29, 1.82) is 0 Å².